The van der Waals surface area contributed by atoms with E-state index in [9.17, 15) is 9.59 Å². The first-order chi connectivity index (χ1) is 13.0. The van der Waals surface area contributed by atoms with Gasteiger partial charge >= 0.3 is 5.97 Å². The van der Waals surface area contributed by atoms with Gasteiger partial charge in [-0.3, -0.25) is 9.59 Å². The van der Waals surface area contributed by atoms with Crippen molar-refractivity contribution in [2.75, 3.05) is 25.5 Å². The lowest BCUT2D eigenvalue weighted by Gasteiger charge is -2.30. The predicted molar refractivity (Wildman–Crippen MR) is 102 cm³/mol. The lowest BCUT2D eigenvalue weighted by Crippen LogP contribution is -2.40. The molecule has 1 aliphatic rings. The maximum absolute atomic E-state index is 12.7. The molecule has 0 radical (unpaired) electrons. The Labute approximate surface area is 158 Å². The van der Waals surface area contributed by atoms with Gasteiger partial charge < -0.3 is 15.0 Å². The molecule has 1 N–H and O–H groups in total. The fourth-order valence-electron chi connectivity index (χ4n) is 3.27. The maximum Gasteiger partial charge on any atom is 0.308 e. The average molecular weight is 368 g/mol. The molecule has 0 bridgehead atoms. The Balaban J connectivity index is 1.61. The van der Waals surface area contributed by atoms with Crippen LogP contribution in [0.5, 0.6) is 0 Å². The maximum atomic E-state index is 12.7. The first kappa shape index (κ1) is 18.8. The lowest BCUT2D eigenvalue weighted by atomic mass is 9.96. The molecule has 2 heterocycles. The molecule has 1 amide bonds. The van der Waals surface area contributed by atoms with Crippen molar-refractivity contribution in [1.82, 2.24) is 14.9 Å². The number of rotatable bonds is 4. The van der Waals surface area contributed by atoms with E-state index in [2.05, 4.69) is 15.3 Å². The molecule has 1 saturated heterocycles. The lowest BCUT2D eigenvalue weighted by molar-refractivity contribution is -0.146. The van der Waals surface area contributed by atoms with Gasteiger partial charge in [0.1, 0.15) is 0 Å². The zero-order valence-corrected chi connectivity index (χ0v) is 15.9. The van der Waals surface area contributed by atoms with Gasteiger partial charge in [-0.15, -0.1) is 0 Å². The van der Waals surface area contributed by atoms with Crippen molar-refractivity contribution in [3.8, 4) is 0 Å². The van der Waals surface area contributed by atoms with Crippen LogP contribution in [0.4, 0.5) is 11.6 Å². The second-order valence-electron chi connectivity index (χ2n) is 6.77. The van der Waals surface area contributed by atoms with Crippen molar-refractivity contribution in [2.24, 2.45) is 5.92 Å². The molecule has 0 atom stereocenters. The van der Waals surface area contributed by atoms with Gasteiger partial charge in [0.2, 0.25) is 5.95 Å². The highest BCUT2D eigenvalue weighted by Gasteiger charge is 2.28. The number of aryl methyl sites for hydroxylation is 2. The Morgan fingerprint density at radius 1 is 1.07 bits per heavy atom. The second kappa shape index (κ2) is 8.16. The van der Waals surface area contributed by atoms with Gasteiger partial charge in [-0.1, -0.05) is 0 Å². The molecule has 0 saturated carbocycles. The summed E-state index contributed by atoms with van der Waals surface area (Å²) in [4.78, 5) is 34.8. The molecule has 7 heteroatoms. The zero-order valence-electron chi connectivity index (χ0n) is 15.9. The third-order valence-corrected chi connectivity index (χ3v) is 4.69. The number of hydrogen-bond acceptors (Lipinski definition) is 6. The van der Waals surface area contributed by atoms with Gasteiger partial charge in [0.15, 0.2) is 0 Å². The Hall–Kier alpha value is -2.96. The van der Waals surface area contributed by atoms with Crippen LogP contribution in [0.25, 0.3) is 0 Å². The van der Waals surface area contributed by atoms with Crippen LogP contribution in [-0.4, -0.2) is 46.9 Å². The number of esters is 1. The Bertz CT molecular complexity index is 807. The molecular formula is C20H24N4O3. The number of carbonyl (C=O) groups is 2. The van der Waals surface area contributed by atoms with E-state index in [4.69, 9.17) is 4.74 Å². The zero-order chi connectivity index (χ0) is 19.4. The number of benzene rings is 1. The van der Waals surface area contributed by atoms with E-state index in [1.807, 2.05) is 32.0 Å². The van der Waals surface area contributed by atoms with Crippen LogP contribution < -0.4 is 5.32 Å². The summed E-state index contributed by atoms with van der Waals surface area (Å²) in [6.45, 7) is 4.97. The number of hydrogen-bond donors (Lipinski definition) is 1. The molecule has 1 aromatic heterocycles. The fraction of sp³-hybridized carbons (Fsp3) is 0.400. The van der Waals surface area contributed by atoms with Gasteiger partial charge in [0.25, 0.3) is 5.91 Å². The van der Waals surface area contributed by atoms with Gasteiger partial charge in [-0.25, -0.2) is 9.97 Å². The number of nitrogens with one attached hydrogen (secondary N) is 1. The average Bonchev–Trinajstić information content (AvgIpc) is 2.67. The SMILES string of the molecule is COC(=O)C1CCN(C(=O)c2ccc(Nc3nc(C)cc(C)n3)cc2)CC1. The first-order valence-electron chi connectivity index (χ1n) is 9.02. The molecule has 0 unspecified atom stereocenters. The minimum atomic E-state index is -0.189. The van der Waals surface area contributed by atoms with E-state index in [1.54, 1.807) is 17.0 Å². The van der Waals surface area contributed by atoms with Crippen LogP contribution >= 0.6 is 0 Å². The molecule has 0 spiro atoms. The summed E-state index contributed by atoms with van der Waals surface area (Å²) in [5.41, 5.74) is 3.23. The summed E-state index contributed by atoms with van der Waals surface area (Å²) >= 11 is 0. The number of piperidine rings is 1. The quantitative estimate of drug-likeness (QED) is 0.836. The van der Waals surface area contributed by atoms with Crippen molar-refractivity contribution in [3.63, 3.8) is 0 Å². The van der Waals surface area contributed by atoms with Crippen molar-refractivity contribution in [3.05, 3.63) is 47.3 Å². The normalized spacial score (nSPS) is 14.7. The van der Waals surface area contributed by atoms with Crippen LogP contribution in [-0.2, 0) is 9.53 Å². The molecular weight excluding hydrogens is 344 g/mol. The highest BCUT2D eigenvalue weighted by atomic mass is 16.5. The summed E-state index contributed by atoms with van der Waals surface area (Å²) in [6, 6.07) is 9.18. The number of methoxy groups -OCH3 is 1. The Morgan fingerprint density at radius 2 is 1.67 bits per heavy atom. The number of likely N-dealkylation sites (tertiary alicyclic amines) is 1. The highest BCUT2D eigenvalue weighted by Crippen LogP contribution is 2.21. The number of ether oxygens (including phenoxy) is 1. The number of aromatic nitrogens is 2. The predicted octanol–water partition coefficient (Wildman–Crippen LogP) is 2.86. The molecule has 1 fully saturated rings. The van der Waals surface area contributed by atoms with Crippen molar-refractivity contribution >= 4 is 23.5 Å². The van der Waals surface area contributed by atoms with Gasteiger partial charge in [0.05, 0.1) is 13.0 Å². The molecule has 2 aromatic rings. The third kappa shape index (κ3) is 4.61. The van der Waals surface area contributed by atoms with E-state index in [-0.39, 0.29) is 17.8 Å². The standard InChI is InChI=1S/C20H24N4O3/c1-13-12-14(2)22-20(21-13)23-17-6-4-15(5-7-17)18(25)24-10-8-16(9-11-24)19(26)27-3/h4-7,12,16H,8-11H2,1-3H3,(H,21,22,23). The molecule has 3 rings (SSSR count). The van der Waals surface area contributed by atoms with Gasteiger partial charge in [-0.05, 0) is 57.0 Å². The van der Waals surface area contributed by atoms with E-state index >= 15 is 0 Å². The molecule has 1 aromatic carbocycles. The molecule has 0 aliphatic carbocycles. The number of nitrogens with zero attached hydrogens (tertiary/aromatic N) is 3. The van der Waals surface area contributed by atoms with Crippen LogP contribution in [0, 0.1) is 19.8 Å². The van der Waals surface area contributed by atoms with E-state index in [1.165, 1.54) is 7.11 Å². The Kier molecular flexibility index (Phi) is 5.69. The topological polar surface area (TPSA) is 84.4 Å². The molecule has 1 aliphatic heterocycles. The monoisotopic (exact) mass is 368 g/mol. The number of carbonyl (C=O) groups excluding carboxylic acids is 2. The highest BCUT2D eigenvalue weighted by molar-refractivity contribution is 5.94. The van der Waals surface area contributed by atoms with Crippen LogP contribution in [0.3, 0.4) is 0 Å². The van der Waals surface area contributed by atoms with Crippen LogP contribution in [0.1, 0.15) is 34.6 Å². The minimum Gasteiger partial charge on any atom is -0.469 e. The van der Waals surface area contributed by atoms with E-state index in [0.717, 1.165) is 17.1 Å². The Morgan fingerprint density at radius 3 is 2.22 bits per heavy atom. The van der Waals surface area contributed by atoms with Gasteiger partial charge in [0, 0.05) is 35.7 Å². The summed E-state index contributed by atoms with van der Waals surface area (Å²) < 4.78 is 4.79. The second-order valence-corrected chi connectivity index (χ2v) is 6.77. The third-order valence-electron chi connectivity index (χ3n) is 4.69. The molecule has 142 valence electrons. The van der Waals surface area contributed by atoms with E-state index in [0.29, 0.717) is 37.4 Å². The number of anilines is 2. The van der Waals surface area contributed by atoms with Crippen molar-refractivity contribution in [2.45, 2.75) is 26.7 Å². The van der Waals surface area contributed by atoms with Crippen LogP contribution in [0.2, 0.25) is 0 Å². The summed E-state index contributed by atoms with van der Waals surface area (Å²) in [7, 11) is 1.40. The molecule has 7 nitrogen and oxygen atoms in total. The van der Waals surface area contributed by atoms with Gasteiger partial charge in [-0.2, -0.15) is 0 Å². The smallest absolute Gasteiger partial charge is 0.308 e. The van der Waals surface area contributed by atoms with Crippen molar-refractivity contribution < 1.29 is 14.3 Å². The van der Waals surface area contributed by atoms with Crippen LogP contribution in [0.15, 0.2) is 30.3 Å². The summed E-state index contributed by atoms with van der Waals surface area (Å²) in [6.07, 6.45) is 1.28. The summed E-state index contributed by atoms with van der Waals surface area (Å²) in [5, 5.41) is 3.16. The van der Waals surface area contributed by atoms with Crippen molar-refractivity contribution in [1.29, 1.82) is 0 Å². The summed E-state index contributed by atoms with van der Waals surface area (Å²) in [5.74, 6) is 0.221. The fourth-order valence-corrected chi connectivity index (χ4v) is 3.27. The number of amides is 1. The first-order valence-corrected chi connectivity index (χ1v) is 9.02. The minimum absolute atomic E-state index is 0.0208. The molecule has 27 heavy (non-hydrogen) atoms. The van der Waals surface area contributed by atoms with E-state index < -0.39 is 0 Å². The largest absolute Gasteiger partial charge is 0.469 e.